The molecule has 0 amide bonds. The Morgan fingerprint density at radius 2 is 2.06 bits per heavy atom. The second kappa shape index (κ2) is 3.42. The van der Waals surface area contributed by atoms with Gasteiger partial charge in [0, 0.05) is 11.9 Å². The Labute approximate surface area is 97.4 Å². The van der Waals surface area contributed by atoms with Gasteiger partial charge in [0.15, 0.2) is 0 Å². The smallest absolute Gasteiger partial charge is 0.137 e. The Hall–Kier alpha value is -1.68. The van der Waals surface area contributed by atoms with Gasteiger partial charge in [0.25, 0.3) is 0 Å². The van der Waals surface area contributed by atoms with Crippen LogP contribution in [0.25, 0.3) is 16.2 Å². The molecule has 3 rings (SSSR count). The van der Waals surface area contributed by atoms with E-state index in [9.17, 15) is 0 Å². The molecular formula is C12H11N3S. The Morgan fingerprint density at radius 3 is 2.81 bits per heavy atom. The number of aromatic nitrogens is 3. The van der Waals surface area contributed by atoms with Crippen molar-refractivity contribution in [3.8, 4) is 10.6 Å². The Bertz CT molecular complexity index is 638. The van der Waals surface area contributed by atoms with Gasteiger partial charge in [0.05, 0.1) is 22.3 Å². The van der Waals surface area contributed by atoms with E-state index in [1.54, 1.807) is 11.3 Å². The summed E-state index contributed by atoms with van der Waals surface area (Å²) in [6, 6.07) is 4.26. The summed E-state index contributed by atoms with van der Waals surface area (Å²) in [6.45, 7) is 4.19. The van der Waals surface area contributed by atoms with E-state index in [4.69, 9.17) is 0 Å². The Morgan fingerprint density at radius 1 is 1.19 bits per heavy atom. The maximum absolute atomic E-state index is 4.44. The largest absolute Gasteiger partial charge is 0.296 e. The number of aryl methyl sites for hydroxylation is 2. The lowest BCUT2D eigenvalue weighted by Crippen LogP contribution is -1.93. The van der Waals surface area contributed by atoms with E-state index in [1.807, 2.05) is 17.9 Å². The van der Waals surface area contributed by atoms with Crippen LogP contribution in [0, 0.1) is 13.8 Å². The summed E-state index contributed by atoms with van der Waals surface area (Å²) >= 11 is 1.64. The minimum absolute atomic E-state index is 1.00. The molecule has 16 heavy (non-hydrogen) atoms. The van der Waals surface area contributed by atoms with Crippen LogP contribution in [-0.4, -0.2) is 14.4 Å². The SMILES string of the molecule is Cc1cc(C)n2c(-c3cncs3)cnc2c1. The molecule has 80 valence electrons. The fraction of sp³-hybridized carbons (Fsp3) is 0.167. The number of rotatable bonds is 1. The molecule has 0 saturated heterocycles. The lowest BCUT2D eigenvalue weighted by atomic mass is 10.2. The van der Waals surface area contributed by atoms with Gasteiger partial charge >= 0.3 is 0 Å². The average molecular weight is 229 g/mol. The minimum atomic E-state index is 1.00. The monoisotopic (exact) mass is 229 g/mol. The zero-order valence-electron chi connectivity index (χ0n) is 9.14. The highest BCUT2D eigenvalue weighted by molar-refractivity contribution is 7.13. The summed E-state index contributed by atoms with van der Waals surface area (Å²) in [4.78, 5) is 9.70. The van der Waals surface area contributed by atoms with Gasteiger partial charge in [-0.15, -0.1) is 11.3 Å². The number of thiazole rings is 1. The van der Waals surface area contributed by atoms with Gasteiger partial charge in [0.1, 0.15) is 5.65 Å². The van der Waals surface area contributed by atoms with Crippen molar-refractivity contribution in [3.05, 3.63) is 41.3 Å². The first-order valence-electron chi connectivity index (χ1n) is 5.09. The third-order valence-electron chi connectivity index (χ3n) is 2.62. The van der Waals surface area contributed by atoms with E-state index in [0.717, 1.165) is 16.2 Å². The van der Waals surface area contributed by atoms with E-state index in [1.165, 1.54) is 11.3 Å². The molecule has 3 aromatic heterocycles. The third-order valence-corrected chi connectivity index (χ3v) is 3.42. The molecule has 0 spiro atoms. The average Bonchev–Trinajstić information content (AvgIpc) is 2.82. The maximum atomic E-state index is 4.44. The van der Waals surface area contributed by atoms with Crippen LogP contribution in [0.3, 0.4) is 0 Å². The first-order chi connectivity index (χ1) is 7.75. The molecule has 3 heterocycles. The summed E-state index contributed by atoms with van der Waals surface area (Å²) in [7, 11) is 0. The first-order valence-corrected chi connectivity index (χ1v) is 5.97. The van der Waals surface area contributed by atoms with Crippen molar-refractivity contribution in [1.82, 2.24) is 14.4 Å². The lowest BCUT2D eigenvalue weighted by Gasteiger charge is -2.04. The predicted octanol–water partition coefficient (Wildman–Crippen LogP) is 3.07. The van der Waals surface area contributed by atoms with Crippen LogP contribution >= 0.6 is 11.3 Å². The molecule has 0 atom stereocenters. The zero-order chi connectivity index (χ0) is 11.1. The van der Waals surface area contributed by atoms with E-state index in [0.29, 0.717) is 0 Å². The second-order valence-corrected chi connectivity index (χ2v) is 4.76. The van der Waals surface area contributed by atoms with E-state index in [-0.39, 0.29) is 0 Å². The van der Waals surface area contributed by atoms with Crippen LogP contribution in [0.5, 0.6) is 0 Å². The molecule has 0 unspecified atom stereocenters. The molecule has 3 nitrogen and oxygen atoms in total. The van der Waals surface area contributed by atoms with Gasteiger partial charge < -0.3 is 0 Å². The molecule has 4 heteroatoms. The highest BCUT2D eigenvalue weighted by atomic mass is 32.1. The van der Waals surface area contributed by atoms with Gasteiger partial charge in [-0.25, -0.2) is 4.98 Å². The van der Waals surface area contributed by atoms with Crippen LogP contribution in [0.4, 0.5) is 0 Å². The Kier molecular flexibility index (Phi) is 2.04. The van der Waals surface area contributed by atoms with Gasteiger partial charge in [-0.05, 0) is 31.5 Å². The molecule has 0 fully saturated rings. The predicted molar refractivity (Wildman–Crippen MR) is 65.8 cm³/mol. The normalized spacial score (nSPS) is 11.1. The zero-order valence-corrected chi connectivity index (χ0v) is 9.95. The Balaban J connectivity index is 2.36. The molecule has 0 aliphatic heterocycles. The van der Waals surface area contributed by atoms with E-state index >= 15 is 0 Å². The fourth-order valence-electron chi connectivity index (χ4n) is 1.99. The van der Waals surface area contributed by atoms with Crippen LogP contribution in [-0.2, 0) is 0 Å². The lowest BCUT2D eigenvalue weighted by molar-refractivity contribution is 1.09. The quantitative estimate of drug-likeness (QED) is 0.642. The van der Waals surface area contributed by atoms with Crippen molar-refractivity contribution in [3.63, 3.8) is 0 Å². The second-order valence-electron chi connectivity index (χ2n) is 3.88. The van der Waals surface area contributed by atoms with E-state index < -0.39 is 0 Å². The summed E-state index contributed by atoms with van der Waals surface area (Å²) < 4.78 is 2.17. The number of hydrogen-bond donors (Lipinski definition) is 0. The molecule has 0 aliphatic carbocycles. The third kappa shape index (κ3) is 1.34. The standard InChI is InChI=1S/C12H11N3S/c1-8-3-9(2)15-10(5-14-12(15)4-8)11-6-13-7-16-11/h3-7H,1-2H3. The van der Waals surface area contributed by atoms with Crippen molar-refractivity contribution >= 4 is 17.0 Å². The molecule has 0 N–H and O–H groups in total. The number of hydrogen-bond acceptors (Lipinski definition) is 3. The molecule has 3 aromatic rings. The minimum Gasteiger partial charge on any atom is -0.296 e. The first kappa shape index (κ1) is 9.54. The summed E-state index contributed by atoms with van der Waals surface area (Å²) in [5.74, 6) is 0. The highest BCUT2D eigenvalue weighted by Gasteiger charge is 2.09. The highest BCUT2D eigenvalue weighted by Crippen LogP contribution is 2.25. The van der Waals surface area contributed by atoms with Gasteiger partial charge in [-0.3, -0.25) is 9.38 Å². The van der Waals surface area contributed by atoms with Crippen molar-refractivity contribution in [2.45, 2.75) is 13.8 Å². The van der Waals surface area contributed by atoms with E-state index in [2.05, 4.69) is 40.3 Å². The molecular weight excluding hydrogens is 218 g/mol. The van der Waals surface area contributed by atoms with Crippen LogP contribution in [0.15, 0.2) is 30.0 Å². The number of pyridine rings is 1. The van der Waals surface area contributed by atoms with Gasteiger partial charge in [0.2, 0.25) is 0 Å². The molecule has 0 aromatic carbocycles. The number of nitrogens with zero attached hydrogens (tertiary/aromatic N) is 3. The maximum Gasteiger partial charge on any atom is 0.137 e. The molecule has 0 radical (unpaired) electrons. The summed E-state index contributed by atoms with van der Waals surface area (Å²) in [5.41, 5.74) is 6.41. The fourth-order valence-corrected chi connectivity index (χ4v) is 2.62. The summed E-state index contributed by atoms with van der Waals surface area (Å²) in [6.07, 6.45) is 3.79. The van der Waals surface area contributed by atoms with Crippen molar-refractivity contribution in [2.24, 2.45) is 0 Å². The molecule has 0 saturated carbocycles. The topological polar surface area (TPSA) is 30.2 Å². The van der Waals surface area contributed by atoms with Crippen LogP contribution < -0.4 is 0 Å². The van der Waals surface area contributed by atoms with Crippen molar-refractivity contribution < 1.29 is 0 Å². The van der Waals surface area contributed by atoms with Crippen LogP contribution in [0.2, 0.25) is 0 Å². The molecule has 0 bridgehead atoms. The molecule has 0 aliphatic rings. The van der Waals surface area contributed by atoms with Crippen molar-refractivity contribution in [1.29, 1.82) is 0 Å². The van der Waals surface area contributed by atoms with Gasteiger partial charge in [-0.1, -0.05) is 0 Å². The number of imidazole rings is 1. The van der Waals surface area contributed by atoms with Crippen molar-refractivity contribution in [2.75, 3.05) is 0 Å². The summed E-state index contributed by atoms with van der Waals surface area (Å²) in [5, 5.41) is 0. The van der Waals surface area contributed by atoms with Gasteiger partial charge in [-0.2, -0.15) is 0 Å². The van der Waals surface area contributed by atoms with Crippen LogP contribution in [0.1, 0.15) is 11.3 Å². The number of fused-ring (bicyclic) bond motifs is 1.